The molecule has 0 aliphatic heterocycles. The average molecular weight is 260 g/mol. The van der Waals surface area contributed by atoms with Gasteiger partial charge in [-0.3, -0.25) is 9.69 Å². The van der Waals surface area contributed by atoms with Gasteiger partial charge in [-0.25, -0.2) is 0 Å². The Morgan fingerprint density at radius 1 is 1.16 bits per heavy atom. The van der Waals surface area contributed by atoms with Crippen molar-refractivity contribution in [1.29, 1.82) is 0 Å². The largest absolute Gasteiger partial charge is 0.342 e. The van der Waals surface area contributed by atoms with Gasteiger partial charge in [0.25, 0.3) is 0 Å². The van der Waals surface area contributed by atoms with Crippen LogP contribution in [0.5, 0.6) is 0 Å². The summed E-state index contributed by atoms with van der Waals surface area (Å²) in [5, 5.41) is 0. The predicted octanol–water partition coefficient (Wildman–Crippen LogP) is 2.52. The monoisotopic (exact) mass is 260 g/mol. The number of rotatable bonds is 7. The van der Waals surface area contributed by atoms with Crippen LogP contribution in [0, 0.1) is 0 Å². The first-order valence-corrected chi connectivity index (χ1v) is 7.30. The average Bonchev–Trinajstić information content (AvgIpc) is 3.25. The first-order chi connectivity index (χ1) is 9.24. The summed E-state index contributed by atoms with van der Waals surface area (Å²) in [5.74, 6) is 0.257. The van der Waals surface area contributed by atoms with Crippen molar-refractivity contribution in [3.05, 3.63) is 35.9 Å². The second kappa shape index (κ2) is 6.71. The SMILES string of the molecule is CCN(CC)C(=O)CN(Cc1ccccc1)C1CC1. The first-order valence-electron chi connectivity index (χ1n) is 7.30. The van der Waals surface area contributed by atoms with Crippen molar-refractivity contribution in [3.8, 4) is 0 Å². The number of carbonyl (C=O) groups excluding carboxylic acids is 1. The standard InChI is InChI=1S/C16H24N2O/c1-3-17(4-2)16(19)13-18(15-10-11-15)12-14-8-6-5-7-9-14/h5-9,15H,3-4,10-13H2,1-2H3. The van der Waals surface area contributed by atoms with Gasteiger partial charge in [-0.15, -0.1) is 0 Å². The van der Waals surface area contributed by atoms with E-state index in [1.165, 1.54) is 18.4 Å². The highest BCUT2D eigenvalue weighted by molar-refractivity contribution is 5.78. The van der Waals surface area contributed by atoms with Crippen LogP contribution in [-0.2, 0) is 11.3 Å². The molecule has 1 aromatic rings. The lowest BCUT2D eigenvalue weighted by Gasteiger charge is -2.26. The zero-order chi connectivity index (χ0) is 13.7. The summed E-state index contributed by atoms with van der Waals surface area (Å²) in [4.78, 5) is 16.5. The number of hydrogen-bond donors (Lipinski definition) is 0. The number of nitrogens with zero attached hydrogens (tertiary/aromatic N) is 2. The maximum Gasteiger partial charge on any atom is 0.236 e. The number of amides is 1. The third-order valence-electron chi connectivity index (χ3n) is 3.75. The van der Waals surface area contributed by atoms with Crippen molar-refractivity contribution >= 4 is 5.91 Å². The molecule has 0 heterocycles. The summed E-state index contributed by atoms with van der Waals surface area (Å²) in [7, 11) is 0. The molecule has 3 heteroatoms. The van der Waals surface area contributed by atoms with Crippen molar-refractivity contribution in [3.63, 3.8) is 0 Å². The molecule has 0 spiro atoms. The Labute approximate surface area is 116 Å². The van der Waals surface area contributed by atoms with E-state index in [0.29, 0.717) is 12.6 Å². The van der Waals surface area contributed by atoms with E-state index in [1.54, 1.807) is 0 Å². The van der Waals surface area contributed by atoms with Crippen LogP contribution in [0.4, 0.5) is 0 Å². The summed E-state index contributed by atoms with van der Waals surface area (Å²) < 4.78 is 0. The molecule has 0 radical (unpaired) electrons. The van der Waals surface area contributed by atoms with Gasteiger partial charge < -0.3 is 4.90 Å². The van der Waals surface area contributed by atoms with Crippen molar-refractivity contribution < 1.29 is 4.79 Å². The Bertz CT molecular complexity index is 396. The zero-order valence-corrected chi connectivity index (χ0v) is 12.0. The molecule has 0 aromatic heterocycles. The maximum atomic E-state index is 12.2. The van der Waals surface area contributed by atoms with Gasteiger partial charge in [0.15, 0.2) is 0 Å². The maximum absolute atomic E-state index is 12.2. The highest BCUT2D eigenvalue weighted by atomic mass is 16.2. The quantitative estimate of drug-likeness (QED) is 0.752. The van der Waals surface area contributed by atoms with Crippen LogP contribution in [0.15, 0.2) is 30.3 Å². The van der Waals surface area contributed by atoms with Gasteiger partial charge in [0.2, 0.25) is 5.91 Å². The molecule has 1 aromatic carbocycles. The number of carbonyl (C=O) groups is 1. The van der Waals surface area contributed by atoms with Crippen LogP contribution in [0.1, 0.15) is 32.3 Å². The highest BCUT2D eigenvalue weighted by Crippen LogP contribution is 2.28. The molecule has 104 valence electrons. The van der Waals surface area contributed by atoms with Gasteiger partial charge in [-0.05, 0) is 32.3 Å². The lowest BCUT2D eigenvalue weighted by atomic mass is 10.2. The van der Waals surface area contributed by atoms with Crippen LogP contribution in [0.25, 0.3) is 0 Å². The first kappa shape index (κ1) is 14.1. The van der Waals surface area contributed by atoms with Crippen molar-refractivity contribution in [2.24, 2.45) is 0 Å². The summed E-state index contributed by atoms with van der Waals surface area (Å²) in [6.45, 7) is 7.14. The molecule has 0 N–H and O–H groups in total. The van der Waals surface area contributed by atoms with Crippen LogP contribution < -0.4 is 0 Å². The molecule has 1 amide bonds. The fourth-order valence-corrected chi connectivity index (χ4v) is 2.42. The van der Waals surface area contributed by atoms with E-state index in [2.05, 4.69) is 29.2 Å². The second-order valence-electron chi connectivity index (χ2n) is 5.19. The Morgan fingerprint density at radius 2 is 1.79 bits per heavy atom. The summed E-state index contributed by atoms with van der Waals surface area (Å²) in [6.07, 6.45) is 2.47. The van der Waals surface area contributed by atoms with Gasteiger partial charge in [-0.2, -0.15) is 0 Å². The summed E-state index contributed by atoms with van der Waals surface area (Å²) >= 11 is 0. The predicted molar refractivity (Wildman–Crippen MR) is 77.8 cm³/mol. The molecule has 1 aliphatic rings. The van der Waals surface area contributed by atoms with Crippen molar-refractivity contribution in [2.75, 3.05) is 19.6 Å². The van der Waals surface area contributed by atoms with E-state index in [1.807, 2.05) is 24.8 Å². The molecule has 2 rings (SSSR count). The van der Waals surface area contributed by atoms with E-state index < -0.39 is 0 Å². The molecule has 1 fully saturated rings. The third kappa shape index (κ3) is 4.06. The van der Waals surface area contributed by atoms with Gasteiger partial charge >= 0.3 is 0 Å². The molecule has 19 heavy (non-hydrogen) atoms. The minimum Gasteiger partial charge on any atom is -0.342 e. The Kier molecular flexibility index (Phi) is 4.97. The van der Waals surface area contributed by atoms with E-state index >= 15 is 0 Å². The van der Waals surface area contributed by atoms with Crippen LogP contribution in [-0.4, -0.2) is 41.4 Å². The van der Waals surface area contributed by atoms with Gasteiger partial charge in [0, 0.05) is 25.7 Å². The lowest BCUT2D eigenvalue weighted by molar-refractivity contribution is -0.132. The van der Waals surface area contributed by atoms with Crippen LogP contribution in [0.2, 0.25) is 0 Å². The Balaban J connectivity index is 1.95. The zero-order valence-electron chi connectivity index (χ0n) is 12.0. The lowest BCUT2D eigenvalue weighted by Crippen LogP contribution is -2.40. The molecule has 3 nitrogen and oxygen atoms in total. The number of hydrogen-bond acceptors (Lipinski definition) is 2. The van der Waals surface area contributed by atoms with E-state index in [-0.39, 0.29) is 5.91 Å². The van der Waals surface area contributed by atoms with Gasteiger partial charge in [-0.1, -0.05) is 30.3 Å². The third-order valence-corrected chi connectivity index (χ3v) is 3.75. The smallest absolute Gasteiger partial charge is 0.236 e. The fourth-order valence-electron chi connectivity index (χ4n) is 2.42. The molecule has 0 atom stereocenters. The topological polar surface area (TPSA) is 23.6 Å². The van der Waals surface area contributed by atoms with E-state index in [0.717, 1.165) is 19.6 Å². The van der Waals surface area contributed by atoms with E-state index in [4.69, 9.17) is 0 Å². The molecule has 0 unspecified atom stereocenters. The Morgan fingerprint density at radius 3 is 2.32 bits per heavy atom. The second-order valence-corrected chi connectivity index (χ2v) is 5.19. The minimum absolute atomic E-state index is 0.257. The fraction of sp³-hybridized carbons (Fsp3) is 0.562. The molecule has 0 bridgehead atoms. The van der Waals surface area contributed by atoms with E-state index in [9.17, 15) is 4.79 Å². The number of benzene rings is 1. The van der Waals surface area contributed by atoms with Gasteiger partial charge in [0.1, 0.15) is 0 Å². The summed E-state index contributed by atoms with van der Waals surface area (Å²) in [5.41, 5.74) is 1.29. The molecular formula is C16H24N2O. The minimum atomic E-state index is 0.257. The van der Waals surface area contributed by atoms with Crippen molar-refractivity contribution in [2.45, 2.75) is 39.3 Å². The molecule has 1 saturated carbocycles. The number of likely N-dealkylation sites (N-methyl/N-ethyl adjacent to an activating group) is 1. The normalized spacial score (nSPS) is 14.7. The van der Waals surface area contributed by atoms with Crippen molar-refractivity contribution in [1.82, 2.24) is 9.80 Å². The van der Waals surface area contributed by atoms with Crippen LogP contribution in [0.3, 0.4) is 0 Å². The van der Waals surface area contributed by atoms with Gasteiger partial charge in [0.05, 0.1) is 6.54 Å². The Hall–Kier alpha value is -1.35. The molecular weight excluding hydrogens is 236 g/mol. The highest BCUT2D eigenvalue weighted by Gasteiger charge is 2.30. The molecule has 0 saturated heterocycles. The van der Waals surface area contributed by atoms with Crippen LogP contribution >= 0.6 is 0 Å². The molecule has 1 aliphatic carbocycles. The summed E-state index contributed by atoms with van der Waals surface area (Å²) in [6, 6.07) is 11.0.